The van der Waals surface area contributed by atoms with Crippen molar-refractivity contribution in [3.8, 4) is 17.0 Å². The Kier molecular flexibility index (Phi) is 5.75. The first-order chi connectivity index (χ1) is 17.5. The zero-order chi connectivity index (χ0) is 24.7. The van der Waals surface area contributed by atoms with Gasteiger partial charge in [-0.25, -0.2) is 4.98 Å². The lowest BCUT2D eigenvalue weighted by Crippen LogP contribution is -2.53. The molecule has 36 heavy (non-hydrogen) atoms. The van der Waals surface area contributed by atoms with Crippen LogP contribution in [0.1, 0.15) is 67.9 Å². The van der Waals surface area contributed by atoms with Crippen LogP contribution in [-0.2, 0) is 0 Å². The van der Waals surface area contributed by atoms with Gasteiger partial charge in [0.2, 0.25) is 5.88 Å². The van der Waals surface area contributed by atoms with E-state index < -0.39 is 0 Å². The van der Waals surface area contributed by atoms with E-state index in [1.165, 1.54) is 19.3 Å². The molecule has 0 aliphatic heterocycles. The molecule has 2 aromatic heterocycles. The number of pyridine rings is 1. The quantitative estimate of drug-likeness (QED) is 0.343. The lowest BCUT2D eigenvalue weighted by atomic mass is 9.54. The second-order valence-corrected chi connectivity index (χ2v) is 10.4. The lowest BCUT2D eigenvalue weighted by molar-refractivity contribution is -0.000604. The van der Waals surface area contributed by atoms with Crippen LogP contribution in [0.15, 0.2) is 67.0 Å². The summed E-state index contributed by atoms with van der Waals surface area (Å²) in [5.74, 6) is 0.637. The SMILES string of the molecule is CCOc1cc(-c2ccc([C@H](C)n3ncc4cccc(C(=O)NC5CC6(CCC6)C5)c43)cc2)ccn1. The number of hydrogen-bond acceptors (Lipinski definition) is 4. The van der Waals surface area contributed by atoms with Crippen LogP contribution in [-0.4, -0.2) is 33.3 Å². The van der Waals surface area contributed by atoms with E-state index in [0.29, 0.717) is 29.5 Å². The largest absolute Gasteiger partial charge is 0.478 e. The number of aromatic nitrogens is 3. The number of ether oxygens (including phenoxy) is 1. The summed E-state index contributed by atoms with van der Waals surface area (Å²) in [5.41, 5.74) is 5.42. The van der Waals surface area contributed by atoms with Gasteiger partial charge in [-0.1, -0.05) is 42.8 Å². The van der Waals surface area contributed by atoms with Crippen LogP contribution in [0.25, 0.3) is 22.0 Å². The number of carbonyl (C=O) groups is 1. The van der Waals surface area contributed by atoms with Crippen LogP contribution in [0.2, 0.25) is 0 Å². The predicted molar refractivity (Wildman–Crippen MR) is 141 cm³/mol. The molecule has 4 aromatic rings. The van der Waals surface area contributed by atoms with Crippen molar-refractivity contribution in [2.45, 2.75) is 58.0 Å². The van der Waals surface area contributed by atoms with Crippen LogP contribution >= 0.6 is 0 Å². The standard InChI is InChI=1S/C30H32N4O2/c1-3-36-27-16-23(12-15-31-27)22-10-8-21(9-11-22)20(2)34-28-24(19-32-34)6-4-7-26(28)29(35)33-25-17-30(18-25)13-5-14-30/h4,6-12,15-16,19-20,25H,3,5,13-14,17-18H2,1-2H3,(H,33,35)/t20-/m0/s1. The van der Waals surface area contributed by atoms with Gasteiger partial charge in [0.15, 0.2) is 0 Å². The topological polar surface area (TPSA) is 69.0 Å². The van der Waals surface area contributed by atoms with Gasteiger partial charge < -0.3 is 10.1 Å². The molecule has 1 spiro atoms. The molecule has 1 atom stereocenters. The molecule has 6 rings (SSSR count). The molecule has 2 heterocycles. The molecular formula is C30H32N4O2. The van der Waals surface area contributed by atoms with Crippen molar-refractivity contribution in [2.75, 3.05) is 6.61 Å². The number of carbonyl (C=O) groups excluding carboxylic acids is 1. The molecule has 6 nitrogen and oxygen atoms in total. The maximum absolute atomic E-state index is 13.3. The van der Waals surface area contributed by atoms with Crippen LogP contribution in [0, 0.1) is 5.41 Å². The van der Waals surface area contributed by atoms with Gasteiger partial charge >= 0.3 is 0 Å². The molecular weight excluding hydrogens is 448 g/mol. The maximum Gasteiger partial charge on any atom is 0.253 e. The highest BCUT2D eigenvalue weighted by atomic mass is 16.5. The van der Waals surface area contributed by atoms with Crippen molar-refractivity contribution in [1.29, 1.82) is 0 Å². The first-order valence-electron chi connectivity index (χ1n) is 13.0. The summed E-state index contributed by atoms with van der Waals surface area (Å²) in [5, 5.41) is 8.97. The minimum absolute atomic E-state index is 0.00635. The number of amides is 1. The van der Waals surface area contributed by atoms with Crippen molar-refractivity contribution >= 4 is 16.8 Å². The van der Waals surface area contributed by atoms with Gasteiger partial charge in [-0.3, -0.25) is 9.48 Å². The van der Waals surface area contributed by atoms with Gasteiger partial charge in [0.1, 0.15) is 0 Å². The second kappa shape index (κ2) is 9.08. The highest BCUT2D eigenvalue weighted by molar-refractivity contribution is 6.05. The summed E-state index contributed by atoms with van der Waals surface area (Å²) in [4.78, 5) is 17.6. The van der Waals surface area contributed by atoms with Gasteiger partial charge in [-0.2, -0.15) is 5.10 Å². The Bertz CT molecular complexity index is 1400. The summed E-state index contributed by atoms with van der Waals surface area (Å²) in [6.07, 6.45) is 9.88. The van der Waals surface area contributed by atoms with Crippen LogP contribution in [0.4, 0.5) is 0 Å². The maximum atomic E-state index is 13.3. The molecule has 0 saturated heterocycles. The third-order valence-electron chi connectivity index (χ3n) is 8.09. The number of rotatable bonds is 7. The Balaban J connectivity index is 1.24. The highest BCUT2D eigenvalue weighted by Gasteiger charge is 2.48. The zero-order valence-electron chi connectivity index (χ0n) is 20.9. The molecule has 1 amide bonds. The molecule has 2 aromatic carbocycles. The summed E-state index contributed by atoms with van der Waals surface area (Å²) in [6.45, 7) is 4.67. The van der Waals surface area contributed by atoms with E-state index in [1.807, 2.05) is 48.1 Å². The normalized spacial score (nSPS) is 17.4. The molecule has 0 unspecified atom stereocenters. The molecule has 0 radical (unpaired) electrons. The van der Waals surface area contributed by atoms with Crippen LogP contribution in [0.5, 0.6) is 5.88 Å². The third kappa shape index (κ3) is 4.04. The van der Waals surface area contributed by atoms with E-state index in [1.54, 1.807) is 6.20 Å². The third-order valence-corrected chi connectivity index (χ3v) is 8.09. The summed E-state index contributed by atoms with van der Waals surface area (Å²) < 4.78 is 7.53. The summed E-state index contributed by atoms with van der Waals surface area (Å²) >= 11 is 0. The first kappa shape index (κ1) is 22.8. The van der Waals surface area contributed by atoms with Crippen molar-refractivity contribution in [3.05, 3.63) is 78.1 Å². The van der Waals surface area contributed by atoms with Crippen molar-refractivity contribution < 1.29 is 9.53 Å². The monoisotopic (exact) mass is 480 g/mol. The van der Waals surface area contributed by atoms with Gasteiger partial charge in [0.05, 0.1) is 29.9 Å². The van der Waals surface area contributed by atoms with E-state index in [9.17, 15) is 4.79 Å². The smallest absolute Gasteiger partial charge is 0.253 e. The van der Waals surface area contributed by atoms with Gasteiger partial charge in [0, 0.05) is 23.7 Å². The first-order valence-corrected chi connectivity index (χ1v) is 13.0. The van der Waals surface area contributed by atoms with Crippen molar-refractivity contribution in [2.24, 2.45) is 5.41 Å². The predicted octanol–water partition coefficient (Wildman–Crippen LogP) is 6.17. The molecule has 0 bridgehead atoms. The Morgan fingerprint density at radius 2 is 1.94 bits per heavy atom. The molecule has 2 aliphatic carbocycles. The summed E-state index contributed by atoms with van der Waals surface area (Å²) in [7, 11) is 0. The van der Waals surface area contributed by atoms with Crippen molar-refractivity contribution in [3.63, 3.8) is 0 Å². The Morgan fingerprint density at radius 1 is 1.14 bits per heavy atom. The molecule has 184 valence electrons. The number of para-hydroxylation sites is 1. The Morgan fingerprint density at radius 3 is 2.67 bits per heavy atom. The minimum atomic E-state index is -0.0242. The van der Waals surface area contributed by atoms with E-state index in [2.05, 4.69) is 41.5 Å². The molecule has 1 N–H and O–H groups in total. The Hall–Kier alpha value is -3.67. The fourth-order valence-corrected chi connectivity index (χ4v) is 5.93. The number of fused-ring (bicyclic) bond motifs is 1. The van der Waals surface area contributed by atoms with E-state index in [4.69, 9.17) is 9.84 Å². The van der Waals surface area contributed by atoms with E-state index >= 15 is 0 Å². The van der Waals surface area contributed by atoms with E-state index in [0.717, 1.165) is 40.4 Å². The van der Waals surface area contributed by atoms with E-state index in [-0.39, 0.29) is 11.9 Å². The Labute approximate surface area is 211 Å². The molecule has 2 saturated carbocycles. The fraction of sp³-hybridized carbons (Fsp3) is 0.367. The number of nitrogens with one attached hydrogen (secondary N) is 1. The minimum Gasteiger partial charge on any atom is -0.478 e. The van der Waals surface area contributed by atoms with Crippen LogP contribution < -0.4 is 10.1 Å². The highest BCUT2D eigenvalue weighted by Crippen LogP contribution is 2.55. The molecule has 2 aliphatic rings. The number of nitrogens with zero attached hydrogens (tertiary/aromatic N) is 3. The van der Waals surface area contributed by atoms with Gasteiger partial charge in [-0.05, 0) is 73.8 Å². The molecule has 6 heteroatoms. The fourth-order valence-electron chi connectivity index (χ4n) is 5.93. The zero-order valence-corrected chi connectivity index (χ0v) is 20.9. The lowest BCUT2D eigenvalue weighted by Gasteiger charge is -2.54. The average molecular weight is 481 g/mol. The van der Waals surface area contributed by atoms with Gasteiger partial charge in [0.25, 0.3) is 5.91 Å². The van der Waals surface area contributed by atoms with Crippen molar-refractivity contribution in [1.82, 2.24) is 20.1 Å². The average Bonchev–Trinajstić information content (AvgIpc) is 3.29. The van der Waals surface area contributed by atoms with Crippen LogP contribution in [0.3, 0.4) is 0 Å². The number of hydrogen-bond donors (Lipinski definition) is 1. The molecule has 2 fully saturated rings. The summed E-state index contributed by atoms with van der Waals surface area (Å²) in [6, 6.07) is 18.6. The number of benzene rings is 2. The van der Waals surface area contributed by atoms with Gasteiger partial charge in [-0.15, -0.1) is 0 Å². The second-order valence-electron chi connectivity index (χ2n) is 10.4.